The van der Waals surface area contributed by atoms with Gasteiger partial charge in [0, 0.05) is 19.6 Å². The molecule has 0 aliphatic carbocycles. The number of carbonyl (C=O) groups excluding carboxylic acids is 1. The van der Waals surface area contributed by atoms with Crippen LogP contribution in [0.4, 0.5) is 0 Å². The van der Waals surface area contributed by atoms with Gasteiger partial charge in [0.15, 0.2) is 0 Å². The first-order valence-electron chi connectivity index (χ1n) is 11.3. The molecule has 1 aliphatic heterocycles. The maximum Gasteiger partial charge on any atom is 0.272 e. The fraction of sp³-hybridized carbons (Fsp3) is 0.423. The number of hydrogen-bond donors (Lipinski definition) is 1. The monoisotopic (exact) mass is 432 g/mol. The molecule has 4 rings (SSSR count). The minimum Gasteiger partial charge on any atom is -0.354 e. The molecule has 6 nitrogen and oxygen atoms in total. The Labute approximate surface area is 189 Å². The highest BCUT2D eigenvalue weighted by molar-refractivity contribution is 5.81. The van der Waals surface area contributed by atoms with Crippen LogP contribution >= 0.6 is 0 Å². The molecule has 1 fully saturated rings. The number of hydrogen-bond acceptors (Lipinski definition) is 4. The van der Waals surface area contributed by atoms with Crippen molar-refractivity contribution in [2.45, 2.75) is 47.2 Å². The van der Waals surface area contributed by atoms with Crippen molar-refractivity contribution in [2.24, 2.45) is 5.92 Å². The summed E-state index contributed by atoms with van der Waals surface area (Å²) in [6, 6.07) is 12.6. The molecule has 168 valence electrons. The van der Waals surface area contributed by atoms with E-state index >= 15 is 0 Å². The molecule has 1 amide bonds. The predicted molar refractivity (Wildman–Crippen MR) is 128 cm³/mol. The molecular formula is C26H32N4O2. The van der Waals surface area contributed by atoms with E-state index in [0.717, 1.165) is 42.7 Å². The van der Waals surface area contributed by atoms with Gasteiger partial charge in [0.05, 0.1) is 11.0 Å². The highest BCUT2D eigenvalue weighted by Gasteiger charge is 2.23. The number of carbonyl (C=O) groups is 1. The number of fused-ring (bicyclic) bond motifs is 1. The van der Waals surface area contributed by atoms with Crippen LogP contribution in [0.15, 0.2) is 41.2 Å². The molecule has 1 saturated heterocycles. The molecule has 0 saturated carbocycles. The summed E-state index contributed by atoms with van der Waals surface area (Å²) in [4.78, 5) is 32.3. The van der Waals surface area contributed by atoms with Crippen molar-refractivity contribution in [1.29, 1.82) is 0 Å². The standard InChI is InChI=1S/C26H32N4O2/c1-17-5-7-21(8-6-17)14-29-10-9-22(15-29)13-27-25(31)16-30-24-12-19(3)18(2)11-23(24)28-20(4)26(30)32/h5-8,11-12,22H,9-10,13-16H2,1-4H3,(H,27,31)/t22-/m0/s1. The Morgan fingerprint density at radius 2 is 1.81 bits per heavy atom. The van der Waals surface area contributed by atoms with Crippen LogP contribution in [-0.2, 0) is 17.9 Å². The molecule has 2 heterocycles. The summed E-state index contributed by atoms with van der Waals surface area (Å²) in [6.45, 7) is 11.5. The molecule has 0 spiro atoms. The van der Waals surface area contributed by atoms with Gasteiger partial charge in [-0.1, -0.05) is 29.8 Å². The lowest BCUT2D eigenvalue weighted by Crippen LogP contribution is -2.36. The van der Waals surface area contributed by atoms with E-state index in [1.807, 2.05) is 26.0 Å². The van der Waals surface area contributed by atoms with Crippen molar-refractivity contribution in [3.63, 3.8) is 0 Å². The molecule has 1 N–H and O–H groups in total. The number of benzene rings is 2. The van der Waals surface area contributed by atoms with Gasteiger partial charge in [-0.25, -0.2) is 4.98 Å². The Hall–Kier alpha value is -2.99. The molecule has 1 aliphatic rings. The first-order valence-corrected chi connectivity index (χ1v) is 11.3. The van der Waals surface area contributed by atoms with Gasteiger partial charge in [0.25, 0.3) is 5.56 Å². The lowest BCUT2D eigenvalue weighted by molar-refractivity contribution is -0.121. The zero-order valence-electron chi connectivity index (χ0n) is 19.4. The van der Waals surface area contributed by atoms with E-state index in [2.05, 4.69) is 46.4 Å². The van der Waals surface area contributed by atoms with Crippen LogP contribution in [0, 0.1) is 33.6 Å². The van der Waals surface area contributed by atoms with E-state index in [4.69, 9.17) is 0 Å². The number of aryl methyl sites for hydroxylation is 4. The lowest BCUT2D eigenvalue weighted by atomic mass is 10.1. The lowest BCUT2D eigenvalue weighted by Gasteiger charge is -2.17. The molecule has 2 aromatic carbocycles. The van der Waals surface area contributed by atoms with Crippen LogP contribution in [0.2, 0.25) is 0 Å². The van der Waals surface area contributed by atoms with Gasteiger partial charge in [-0.15, -0.1) is 0 Å². The van der Waals surface area contributed by atoms with Crippen LogP contribution in [0.1, 0.15) is 34.4 Å². The molecule has 32 heavy (non-hydrogen) atoms. The fourth-order valence-electron chi connectivity index (χ4n) is 4.41. The second-order valence-electron chi connectivity index (χ2n) is 9.19. The smallest absolute Gasteiger partial charge is 0.272 e. The quantitative estimate of drug-likeness (QED) is 0.649. The Bertz CT molecular complexity index is 1200. The van der Waals surface area contributed by atoms with Gasteiger partial charge in [0.2, 0.25) is 5.91 Å². The van der Waals surface area contributed by atoms with Gasteiger partial charge in [-0.3, -0.25) is 19.1 Å². The second kappa shape index (κ2) is 9.25. The Kier molecular flexibility index (Phi) is 6.42. The fourth-order valence-corrected chi connectivity index (χ4v) is 4.41. The number of nitrogens with zero attached hydrogens (tertiary/aromatic N) is 3. The van der Waals surface area contributed by atoms with Crippen LogP contribution in [-0.4, -0.2) is 40.0 Å². The highest BCUT2D eigenvalue weighted by atomic mass is 16.2. The third-order valence-electron chi connectivity index (χ3n) is 6.51. The molecular weight excluding hydrogens is 400 g/mol. The molecule has 0 unspecified atom stereocenters. The summed E-state index contributed by atoms with van der Waals surface area (Å²) in [6.07, 6.45) is 1.07. The number of rotatable bonds is 6. The minimum absolute atomic E-state index is 0.0149. The van der Waals surface area contributed by atoms with E-state index in [1.165, 1.54) is 11.1 Å². The van der Waals surface area contributed by atoms with Crippen molar-refractivity contribution in [3.05, 3.63) is 74.7 Å². The maximum atomic E-state index is 12.7. The molecule has 0 radical (unpaired) electrons. The van der Waals surface area contributed by atoms with Crippen molar-refractivity contribution in [2.75, 3.05) is 19.6 Å². The van der Waals surface area contributed by atoms with Crippen LogP contribution in [0.3, 0.4) is 0 Å². The summed E-state index contributed by atoms with van der Waals surface area (Å²) in [5.74, 6) is 0.302. The Balaban J connectivity index is 1.37. The summed E-state index contributed by atoms with van der Waals surface area (Å²) in [5.41, 5.74) is 6.47. The average molecular weight is 433 g/mol. The van der Waals surface area contributed by atoms with Gasteiger partial charge in [0.1, 0.15) is 12.2 Å². The topological polar surface area (TPSA) is 67.2 Å². The highest BCUT2D eigenvalue weighted by Crippen LogP contribution is 2.19. The molecule has 1 aromatic heterocycles. The van der Waals surface area contributed by atoms with Gasteiger partial charge >= 0.3 is 0 Å². The Morgan fingerprint density at radius 1 is 1.09 bits per heavy atom. The zero-order chi connectivity index (χ0) is 22.8. The summed E-state index contributed by atoms with van der Waals surface area (Å²) < 4.78 is 1.55. The van der Waals surface area contributed by atoms with Gasteiger partial charge < -0.3 is 5.32 Å². The minimum atomic E-state index is -0.207. The number of aromatic nitrogens is 2. The summed E-state index contributed by atoms with van der Waals surface area (Å²) in [5, 5.41) is 3.06. The first-order chi connectivity index (χ1) is 15.3. The zero-order valence-corrected chi connectivity index (χ0v) is 19.4. The molecule has 3 aromatic rings. The van der Waals surface area contributed by atoms with Gasteiger partial charge in [-0.05, 0) is 75.4 Å². The van der Waals surface area contributed by atoms with Gasteiger partial charge in [-0.2, -0.15) is 0 Å². The normalized spacial score (nSPS) is 16.6. The average Bonchev–Trinajstić information content (AvgIpc) is 3.20. The molecule has 6 heteroatoms. The van der Waals surface area contributed by atoms with E-state index in [0.29, 0.717) is 23.7 Å². The van der Waals surface area contributed by atoms with E-state index in [9.17, 15) is 9.59 Å². The number of likely N-dealkylation sites (tertiary alicyclic amines) is 1. The number of nitrogens with one attached hydrogen (secondary N) is 1. The third kappa shape index (κ3) is 4.91. The maximum absolute atomic E-state index is 12.7. The van der Waals surface area contributed by atoms with Crippen molar-refractivity contribution >= 4 is 16.9 Å². The summed E-state index contributed by atoms with van der Waals surface area (Å²) >= 11 is 0. The first kappa shape index (κ1) is 22.2. The largest absolute Gasteiger partial charge is 0.354 e. The number of amides is 1. The molecule has 0 bridgehead atoms. The Morgan fingerprint density at radius 3 is 2.56 bits per heavy atom. The van der Waals surface area contributed by atoms with E-state index in [1.54, 1.807) is 11.5 Å². The summed E-state index contributed by atoms with van der Waals surface area (Å²) in [7, 11) is 0. The van der Waals surface area contributed by atoms with Crippen LogP contribution in [0.25, 0.3) is 11.0 Å². The van der Waals surface area contributed by atoms with Crippen molar-refractivity contribution < 1.29 is 4.79 Å². The third-order valence-corrected chi connectivity index (χ3v) is 6.51. The predicted octanol–water partition coefficient (Wildman–Crippen LogP) is 3.27. The van der Waals surface area contributed by atoms with E-state index in [-0.39, 0.29) is 18.0 Å². The van der Waals surface area contributed by atoms with Crippen LogP contribution in [0.5, 0.6) is 0 Å². The SMILES string of the molecule is Cc1ccc(CN2CC[C@@H](CNC(=O)Cn3c(=O)c(C)nc4cc(C)c(C)cc43)C2)cc1. The van der Waals surface area contributed by atoms with E-state index < -0.39 is 0 Å². The van der Waals surface area contributed by atoms with Crippen molar-refractivity contribution in [1.82, 2.24) is 19.8 Å². The van der Waals surface area contributed by atoms with Crippen LogP contribution < -0.4 is 10.9 Å². The molecule has 1 atom stereocenters. The second-order valence-corrected chi connectivity index (χ2v) is 9.19. The van der Waals surface area contributed by atoms with Crippen molar-refractivity contribution in [3.8, 4) is 0 Å².